The van der Waals surface area contributed by atoms with Crippen LogP contribution in [0.5, 0.6) is 0 Å². The van der Waals surface area contributed by atoms with Crippen LogP contribution < -0.4 is 4.90 Å². The van der Waals surface area contributed by atoms with Crippen LogP contribution in [0.4, 0.5) is 17.1 Å². The van der Waals surface area contributed by atoms with Gasteiger partial charge in [0.05, 0.1) is 11.1 Å². The van der Waals surface area contributed by atoms with Crippen molar-refractivity contribution in [2.24, 2.45) is 0 Å². The highest BCUT2D eigenvalue weighted by Crippen LogP contribution is 2.64. The van der Waals surface area contributed by atoms with Crippen LogP contribution in [0, 0.1) is 6.92 Å². The highest BCUT2D eigenvalue weighted by molar-refractivity contribution is 5.99. The Morgan fingerprint density at radius 2 is 1.07 bits per heavy atom. The SMILES string of the molecule is [2H]C([2H])([2H])C(c1ccc2c(c1)C1(c3ccccc3-c3ccc(N(c4ccnc(C)c4)c4cccc5c4-c4ccccc4C5(C)C)cc31)c1cc(C(C)(C)C)ccc1-2)(C([2H])([2H])[2H])C([2H])([2H])[2H]. The van der Waals surface area contributed by atoms with E-state index in [1.54, 1.807) is 12.1 Å². The predicted octanol–water partition coefficient (Wildman–Crippen LogP) is 14.1. The van der Waals surface area contributed by atoms with Gasteiger partial charge in [-0.25, -0.2) is 0 Å². The van der Waals surface area contributed by atoms with E-state index in [0.29, 0.717) is 5.56 Å². The molecule has 56 heavy (non-hydrogen) atoms. The minimum Gasteiger partial charge on any atom is -0.310 e. The van der Waals surface area contributed by atoms with Crippen molar-refractivity contribution in [2.45, 2.75) is 83.8 Å². The number of fused-ring (bicyclic) bond motifs is 13. The fraction of sp³-hybridized carbons (Fsp3) is 0.241. The van der Waals surface area contributed by atoms with Gasteiger partial charge in [-0.2, -0.15) is 0 Å². The van der Waals surface area contributed by atoms with Gasteiger partial charge in [-0.3, -0.25) is 4.98 Å². The van der Waals surface area contributed by atoms with Gasteiger partial charge in [0.1, 0.15) is 0 Å². The van der Waals surface area contributed by atoms with Crippen LogP contribution in [0.1, 0.15) is 118 Å². The summed E-state index contributed by atoms with van der Waals surface area (Å²) in [5, 5.41) is 0. The zero-order valence-corrected chi connectivity index (χ0v) is 32.7. The number of nitrogens with zero attached hydrogens (tertiary/aromatic N) is 2. The van der Waals surface area contributed by atoms with Crippen LogP contribution in [0.15, 0.2) is 140 Å². The molecule has 0 fully saturated rings. The lowest BCUT2D eigenvalue weighted by Gasteiger charge is -2.34. The molecule has 10 rings (SSSR count). The average molecular weight is 736 g/mol. The second-order valence-corrected chi connectivity index (χ2v) is 17.4. The van der Waals surface area contributed by atoms with Crippen molar-refractivity contribution >= 4 is 17.1 Å². The molecular formula is C54H50N2. The number of aryl methyl sites for hydroxylation is 1. The van der Waals surface area contributed by atoms with Gasteiger partial charge in [-0.15, -0.1) is 0 Å². The van der Waals surface area contributed by atoms with Crippen molar-refractivity contribution in [1.82, 2.24) is 4.98 Å². The molecule has 1 spiro atoms. The molecule has 2 nitrogen and oxygen atoms in total. The van der Waals surface area contributed by atoms with Crippen molar-refractivity contribution in [2.75, 3.05) is 4.90 Å². The van der Waals surface area contributed by atoms with Gasteiger partial charge in [0.15, 0.2) is 0 Å². The molecule has 1 heterocycles. The smallest absolute Gasteiger partial charge is 0.0726 e. The third kappa shape index (κ3) is 4.71. The Kier molecular flexibility index (Phi) is 5.45. The van der Waals surface area contributed by atoms with E-state index in [1.165, 1.54) is 22.8 Å². The van der Waals surface area contributed by atoms with Gasteiger partial charge < -0.3 is 4.90 Å². The summed E-state index contributed by atoms with van der Waals surface area (Å²) < 4.78 is 78.5. The minimum absolute atomic E-state index is 0.251. The summed E-state index contributed by atoms with van der Waals surface area (Å²) in [4.78, 5) is 6.89. The summed E-state index contributed by atoms with van der Waals surface area (Å²) in [5.41, 5.74) is 11.6. The molecular weight excluding hydrogens is 677 g/mol. The number of anilines is 3. The number of hydrogen-bond acceptors (Lipinski definition) is 2. The maximum absolute atomic E-state index is 8.72. The molecule has 0 saturated heterocycles. The summed E-state index contributed by atoms with van der Waals surface area (Å²) >= 11 is 0. The average Bonchev–Trinajstić information content (AvgIpc) is 3.77. The summed E-state index contributed by atoms with van der Waals surface area (Å²) in [6.07, 6.45) is 1.83. The number of hydrogen-bond donors (Lipinski definition) is 0. The molecule has 7 aromatic rings. The lowest BCUT2D eigenvalue weighted by molar-refractivity contribution is 0.586. The second kappa shape index (κ2) is 11.6. The van der Waals surface area contributed by atoms with Gasteiger partial charge in [0, 0.05) is 46.6 Å². The van der Waals surface area contributed by atoms with Crippen molar-refractivity contribution in [3.63, 3.8) is 0 Å². The van der Waals surface area contributed by atoms with E-state index < -0.39 is 31.4 Å². The van der Waals surface area contributed by atoms with E-state index in [0.717, 1.165) is 72.8 Å². The number of benzene rings is 6. The van der Waals surface area contributed by atoms with Gasteiger partial charge in [0.25, 0.3) is 0 Å². The number of rotatable bonds is 3. The Balaban J connectivity index is 1.33. The predicted molar refractivity (Wildman–Crippen MR) is 235 cm³/mol. The van der Waals surface area contributed by atoms with Crippen molar-refractivity contribution < 1.29 is 12.3 Å². The third-order valence-corrected chi connectivity index (χ3v) is 12.7. The topological polar surface area (TPSA) is 16.1 Å². The molecule has 0 amide bonds. The van der Waals surface area contributed by atoms with Gasteiger partial charge in [0.2, 0.25) is 0 Å². The first kappa shape index (κ1) is 26.2. The first-order valence-electron chi connectivity index (χ1n) is 24.0. The fourth-order valence-electron chi connectivity index (χ4n) is 10.0. The van der Waals surface area contributed by atoms with E-state index in [1.807, 2.05) is 31.3 Å². The molecule has 0 bridgehead atoms. The van der Waals surface area contributed by atoms with E-state index in [-0.39, 0.29) is 16.4 Å². The van der Waals surface area contributed by atoms with E-state index >= 15 is 0 Å². The molecule has 276 valence electrons. The van der Waals surface area contributed by atoms with E-state index in [2.05, 4.69) is 142 Å². The first-order valence-corrected chi connectivity index (χ1v) is 19.5. The Morgan fingerprint density at radius 3 is 1.73 bits per heavy atom. The molecule has 0 saturated carbocycles. The maximum Gasteiger partial charge on any atom is 0.0726 e. The third-order valence-electron chi connectivity index (χ3n) is 12.7. The van der Waals surface area contributed by atoms with Crippen LogP contribution in [0.3, 0.4) is 0 Å². The Hall–Kier alpha value is -5.73. The minimum atomic E-state index is -3.43. The second-order valence-electron chi connectivity index (χ2n) is 17.4. The van der Waals surface area contributed by atoms with Crippen molar-refractivity contribution in [3.8, 4) is 33.4 Å². The van der Waals surface area contributed by atoms with Crippen LogP contribution >= 0.6 is 0 Å². The monoisotopic (exact) mass is 735 g/mol. The van der Waals surface area contributed by atoms with Crippen LogP contribution in [-0.2, 0) is 21.7 Å². The molecule has 2 heteroatoms. The molecule has 0 radical (unpaired) electrons. The van der Waals surface area contributed by atoms with Gasteiger partial charge >= 0.3 is 0 Å². The Bertz CT molecular complexity index is 3080. The quantitative estimate of drug-likeness (QED) is 0.180. The van der Waals surface area contributed by atoms with E-state index in [4.69, 9.17) is 12.3 Å². The molecule has 0 N–H and O–H groups in total. The van der Waals surface area contributed by atoms with Crippen LogP contribution in [0.2, 0.25) is 0 Å². The Labute approximate surface area is 345 Å². The normalized spacial score (nSPS) is 19.9. The largest absolute Gasteiger partial charge is 0.310 e. The zero-order valence-electron chi connectivity index (χ0n) is 41.7. The van der Waals surface area contributed by atoms with Crippen molar-refractivity contribution in [1.29, 1.82) is 0 Å². The highest BCUT2D eigenvalue weighted by atomic mass is 15.1. The molecule has 3 aliphatic carbocycles. The molecule has 6 aromatic carbocycles. The molecule has 1 atom stereocenters. The van der Waals surface area contributed by atoms with Crippen LogP contribution in [-0.4, -0.2) is 4.98 Å². The zero-order chi connectivity index (χ0) is 46.4. The maximum atomic E-state index is 8.72. The number of aromatic nitrogens is 1. The summed E-state index contributed by atoms with van der Waals surface area (Å²) in [6.45, 7) is 2.74. The Morgan fingerprint density at radius 1 is 0.518 bits per heavy atom. The standard InChI is InChI=1S/C54H50N2/c1-33-29-37(27-28-55-33)56(49-20-14-19-45-50(49)42-16-11-12-17-43(42)53(45,8)9)36-23-26-41-38-15-10-13-18-44(38)54(48(41)32-36)46-30-34(51(2,3)4)21-24-39(46)40-25-22-35(31-47(40)54)52(5,6)7/h10-32H,1-9H3/i2D3,3D3,4D3. The number of pyridine rings is 1. The summed E-state index contributed by atoms with van der Waals surface area (Å²) in [5.74, 6) is 0. The van der Waals surface area contributed by atoms with Crippen molar-refractivity contribution in [3.05, 3.63) is 190 Å². The fourth-order valence-corrected chi connectivity index (χ4v) is 10.0. The molecule has 0 aliphatic heterocycles. The lowest BCUT2D eigenvalue weighted by Crippen LogP contribution is -2.27. The first-order chi connectivity index (χ1) is 30.5. The lowest BCUT2D eigenvalue weighted by atomic mass is 9.68. The summed E-state index contributed by atoms with van der Waals surface area (Å²) in [6, 6.07) is 45.2. The van der Waals surface area contributed by atoms with Gasteiger partial charge in [-0.05, 0) is 120 Å². The van der Waals surface area contributed by atoms with Gasteiger partial charge in [-0.1, -0.05) is 158 Å². The molecule has 1 aromatic heterocycles. The van der Waals surface area contributed by atoms with Crippen LogP contribution in [0.25, 0.3) is 33.4 Å². The summed E-state index contributed by atoms with van der Waals surface area (Å²) in [7, 11) is 0. The molecule has 3 aliphatic rings. The molecule has 1 unspecified atom stereocenters. The highest BCUT2D eigenvalue weighted by Gasteiger charge is 2.52. The van der Waals surface area contributed by atoms with E-state index in [9.17, 15) is 0 Å².